The lowest BCUT2D eigenvalue weighted by molar-refractivity contribution is 0.0867. The Morgan fingerprint density at radius 2 is 1.90 bits per heavy atom. The van der Waals surface area contributed by atoms with Gasteiger partial charge in [0.25, 0.3) is 11.5 Å². The Kier molecular flexibility index (Phi) is 5.46. The summed E-state index contributed by atoms with van der Waals surface area (Å²) in [7, 11) is 0. The number of nitrogens with zero attached hydrogens (tertiary/aromatic N) is 3. The van der Waals surface area contributed by atoms with Crippen LogP contribution in [0, 0.1) is 11.3 Å². The third-order valence-electron chi connectivity index (χ3n) is 5.37. The molecule has 0 spiro atoms. The fourth-order valence-corrected chi connectivity index (χ4v) is 3.61. The second-order valence-corrected chi connectivity index (χ2v) is 7.40. The van der Waals surface area contributed by atoms with Gasteiger partial charge in [0.15, 0.2) is 5.82 Å². The molecule has 1 fully saturated rings. The van der Waals surface area contributed by atoms with E-state index in [9.17, 15) is 14.7 Å². The first-order valence-electron chi connectivity index (χ1n) is 9.81. The van der Waals surface area contributed by atoms with Crippen molar-refractivity contribution in [1.82, 2.24) is 20.1 Å². The van der Waals surface area contributed by atoms with Crippen LogP contribution >= 0.6 is 0 Å². The van der Waals surface area contributed by atoms with Gasteiger partial charge >= 0.3 is 0 Å². The van der Waals surface area contributed by atoms with Gasteiger partial charge in [0, 0.05) is 18.4 Å². The number of nitriles is 1. The molecule has 3 aromatic rings. The molecule has 1 aliphatic carbocycles. The van der Waals surface area contributed by atoms with Gasteiger partial charge in [0.1, 0.15) is 0 Å². The number of carbonyl (C=O) groups excluding carboxylic acids is 1. The molecule has 0 unspecified atom stereocenters. The predicted molar refractivity (Wildman–Crippen MR) is 110 cm³/mol. The van der Waals surface area contributed by atoms with Gasteiger partial charge < -0.3 is 10.4 Å². The Labute approximate surface area is 172 Å². The second-order valence-electron chi connectivity index (χ2n) is 7.40. The zero-order chi connectivity index (χ0) is 21.1. The fourth-order valence-electron chi connectivity index (χ4n) is 3.61. The van der Waals surface area contributed by atoms with Crippen molar-refractivity contribution < 1.29 is 9.90 Å². The minimum Gasteiger partial charge on any atom is -0.393 e. The smallest absolute Gasteiger partial charge is 0.280 e. The Hall–Kier alpha value is -3.70. The van der Waals surface area contributed by atoms with Gasteiger partial charge in [-0.25, -0.2) is 9.67 Å². The fraction of sp³-hybridized carbons (Fsp3) is 0.273. The van der Waals surface area contributed by atoms with Crippen LogP contribution in [-0.4, -0.2) is 37.9 Å². The molecule has 8 heteroatoms. The molecule has 3 N–H and O–H groups in total. The molecule has 1 amide bonds. The Balaban J connectivity index is 1.49. The Morgan fingerprint density at radius 1 is 1.17 bits per heavy atom. The number of aromatic amines is 1. The number of benzene rings is 1. The third kappa shape index (κ3) is 4.02. The highest BCUT2D eigenvalue weighted by molar-refractivity contribution is 5.94. The first-order valence-corrected chi connectivity index (χ1v) is 9.81. The molecule has 1 aliphatic rings. The van der Waals surface area contributed by atoms with E-state index in [2.05, 4.69) is 15.4 Å². The van der Waals surface area contributed by atoms with Crippen LogP contribution in [0.3, 0.4) is 0 Å². The van der Waals surface area contributed by atoms with Crippen molar-refractivity contribution in [3.05, 3.63) is 70.3 Å². The molecule has 0 atom stereocenters. The van der Waals surface area contributed by atoms with Crippen LogP contribution in [0.5, 0.6) is 0 Å². The van der Waals surface area contributed by atoms with E-state index in [0.717, 1.165) is 12.8 Å². The standard InChI is InChI=1S/C22H21N5O3/c23-11-14-1-3-15(4-2-14)19-13-25-27(22(19)30)20-10-5-16(12-24-20)21(29)26-17-6-8-18(28)9-7-17/h1-5,10,12-13,17-18,25,28H,6-9H2,(H,26,29). The first kappa shape index (κ1) is 19.6. The van der Waals surface area contributed by atoms with Gasteiger partial charge in [0.2, 0.25) is 0 Å². The molecule has 4 rings (SSSR count). The summed E-state index contributed by atoms with van der Waals surface area (Å²) in [6.07, 6.45) is 5.66. The van der Waals surface area contributed by atoms with E-state index in [1.165, 1.54) is 10.9 Å². The summed E-state index contributed by atoms with van der Waals surface area (Å²) in [6, 6.07) is 12.1. The molecular formula is C22H21N5O3. The molecule has 2 heterocycles. The highest BCUT2D eigenvalue weighted by atomic mass is 16.3. The molecule has 0 aliphatic heterocycles. The van der Waals surface area contributed by atoms with Gasteiger partial charge in [-0.3, -0.25) is 14.7 Å². The zero-order valence-corrected chi connectivity index (χ0v) is 16.2. The third-order valence-corrected chi connectivity index (χ3v) is 5.37. The summed E-state index contributed by atoms with van der Waals surface area (Å²) >= 11 is 0. The summed E-state index contributed by atoms with van der Waals surface area (Å²) in [5.74, 6) is 0.157. The van der Waals surface area contributed by atoms with Crippen LogP contribution in [0.4, 0.5) is 0 Å². The summed E-state index contributed by atoms with van der Waals surface area (Å²) in [4.78, 5) is 29.5. The Bertz CT molecular complexity index is 1130. The van der Waals surface area contributed by atoms with E-state index in [1.807, 2.05) is 6.07 Å². The average Bonchev–Trinajstić information content (AvgIpc) is 3.16. The first-order chi connectivity index (χ1) is 14.5. The highest BCUT2D eigenvalue weighted by Gasteiger charge is 2.21. The van der Waals surface area contributed by atoms with Gasteiger partial charge in [0.05, 0.1) is 28.9 Å². The Morgan fingerprint density at radius 3 is 2.53 bits per heavy atom. The minimum atomic E-state index is -0.273. The number of H-pyrrole nitrogens is 1. The normalized spacial score (nSPS) is 18.5. The summed E-state index contributed by atoms with van der Waals surface area (Å²) in [5, 5.41) is 24.3. The summed E-state index contributed by atoms with van der Waals surface area (Å²) in [6.45, 7) is 0. The molecule has 1 saturated carbocycles. The molecular weight excluding hydrogens is 382 g/mol. The van der Waals surface area contributed by atoms with Gasteiger partial charge in [-0.05, 0) is 55.5 Å². The topological polar surface area (TPSA) is 124 Å². The quantitative estimate of drug-likeness (QED) is 0.616. The number of aliphatic hydroxyl groups excluding tert-OH is 1. The number of nitrogens with one attached hydrogen (secondary N) is 2. The second kappa shape index (κ2) is 8.35. The van der Waals surface area contributed by atoms with E-state index in [4.69, 9.17) is 5.26 Å². The lowest BCUT2D eigenvalue weighted by atomic mass is 9.93. The van der Waals surface area contributed by atoms with Crippen LogP contribution < -0.4 is 10.9 Å². The largest absolute Gasteiger partial charge is 0.393 e. The van der Waals surface area contributed by atoms with Crippen LogP contribution in [0.2, 0.25) is 0 Å². The minimum absolute atomic E-state index is 0.0570. The lowest BCUT2D eigenvalue weighted by Crippen LogP contribution is -2.38. The maximum atomic E-state index is 12.8. The van der Waals surface area contributed by atoms with E-state index < -0.39 is 0 Å². The van der Waals surface area contributed by atoms with E-state index in [0.29, 0.717) is 40.9 Å². The van der Waals surface area contributed by atoms with Crippen molar-refractivity contribution >= 4 is 5.91 Å². The van der Waals surface area contributed by atoms with Crippen LogP contribution in [-0.2, 0) is 0 Å². The number of aromatic nitrogens is 3. The summed E-state index contributed by atoms with van der Waals surface area (Å²) < 4.78 is 1.30. The number of rotatable bonds is 4. The molecule has 8 nitrogen and oxygen atoms in total. The zero-order valence-electron chi connectivity index (χ0n) is 16.2. The van der Waals surface area contributed by atoms with Gasteiger partial charge in [-0.15, -0.1) is 0 Å². The van der Waals surface area contributed by atoms with Crippen molar-refractivity contribution in [3.8, 4) is 23.0 Å². The molecule has 2 aromatic heterocycles. The average molecular weight is 403 g/mol. The van der Waals surface area contributed by atoms with E-state index >= 15 is 0 Å². The number of hydrogen-bond acceptors (Lipinski definition) is 5. The predicted octanol–water partition coefficient (Wildman–Crippen LogP) is 2.13. The number of amides is 1. The maximum absolute atomic E-state index is 12.8. The molecule has 0 saturated heterocycles. The van der Waals surface area contributed by atoms with Crippen molar-refractivity contribution in [2.24, 2.45) is 0 Å². The molecule has 1 aromatic carbocycles. The number of carbonyl (C=O) groups is 1. The van der Waals surface area contributed by atoms with Crippen molar-refractivity contribution in [1.29, 1.82) is 5.26 Å². The van der Waals surface area contributed by atoms with Crippen LogP contribution in [0.25, 0.3) is 16.9 Å². The molecule has 152 valence electrons. The molecule has 30 heavy (non-hydrogen) atoms. The van der Waals surface area contributed by atoms with Gasteiger partial charge in [-0.1, -0.05) is 12.1 Å². The van der Waals surface area contributed by atoms with Gasteiger partial charge in [-0.2, -0.15) is 5.26 Å². The number of pyridine rings is 1. The maximum Gasteiger partial charge on any atom is 0.280 e. The van der Waals surface area contributed by atoms with Crippen molar-refractivity contribution in [3.63, 3.8) is 0 Å². The van der Waals surface area contributed by atoms with Crippen molar-refractivity contribution in [2.75, 3.05) is 0 Å². The van der Waals surface area contributed by atoms with E-state index in [-0.39, 0.29) is 23.6 Å². The lowest BCUT2D eigenvalue weighted by Gasteiger charge is -2.26. The monoisotopic (exact) mass is 403 g/mol. The molecule has 0 bridgehead atoms. The number of hydrogen-bond donors (Lipinski definition) is 3. The molecule has 0 radical (unpaired) electrons. The van der Waals surface area contributed by atoms with Crippen LogP contribution in [0.1, 0.15) is 41.6 Å². The van der Waals surface area contributed by atoms with E-state index in [1.54, 1.807) is 42.6 Å². The van der Waals surface area contributed by atoms with Crippen molar-refractivity contribution in [2.45, 2.75) is 37.8 Å². The number of aliphatic hydroxyl groups is 1. The highest BCUT2D eigenvalue weighted by Crippen LogP contribution is 2.19. The SMILES string of the molecule is N#Cc1ccc(-c2c[nH]n(-c3ccc(C(=O)NC4CCC(O)CC4)cn3)c2=O)cc1. The van der Waals surface area contributed by atoms with Crippen LogP contribution in [0.15, 0.2) is 53.6 Å². The summed E-state index contributed by atoms with van der Waals surface area (Å²) in [5.41, 5.74) is 1.82.